The molecule has 4 nitrogen and oxygen atoms in total. The van der Waals surface area contributed by atoms with Gasteiger partial charge in [-0.25, -0.2) is 0 Å². The number of hydrogen-bond donors (Lipinski definition) is 3. The van der Waals surface area contributed by atoms with Gasteiger partial charge < -0.3 is 15.5 Å². The molecule has 0 aromatic rings. The maximum atomic E-state index is 12.1. The van der Waals surface area contributed by atoms with E-state index in [1.807, 2.05) is 0 Å². The zero-order valence-corrected chi connectivity index (χ0v) is 28.6. The molecule has 0 aliphatic heterocycles. The molecule has 0 radical (unpaired) electrons. The maximum Gasteiger partial charge on any atom is 0.219 e. The standard InChI is InChI=1S/C38H77NO3/c1-2-3-4-5-6-7-8-9-10-11-12-15-18-21-24-27-30-33-38(42)39-35-31-28-25-22-19-16-13-14-17-20-23-26-29-32-37(41)34-36-40/h37,40-41H,2-36H2,1H3,(H,39,42). The Balaban J connectivity index is 3.16. The lowest BCUT2D eigenvalue weighted by Gasteiger charge is -2.08. The summed E-state index contributed by atoms with van der Waals surface area (Å²) in [7, 11) is 0. The summed E-state index contributed by atoms with van der Waals surface area (Å²) in [6, 6.07) is 0. The summed E-state index contributed by atoms with van der Waals surface area (Å²) in [5.74, 6) is 0.259. The molecule has 3 N–H and O–H groups in total. The van der Waals surface area contributed by atoms with Crippen molar-refractivity contribution in [2.75, 3.05) is 13.2 Å². The highest BCUT2D eigenvalue weighted by atomic mass is 16.3. The summed E-state index contributed by atoms with van der Waals surface area (Å²) >= 11 is 0. The van der Waals surface area contributed by atoms with E-state index in [2.05, 4.69) is 12.2 Å². The third-order valence-electron chi connectivity index (χ3n) is 9.01. The quantitative estimate of drug-likeness (QED) is 0.0631. The van der Waals surface area contributed by atoms with Crippen molar-refractivity contribution >= 4 is 5.91 Å². The minimum atomic E-state index is -0.308. The Kier molecular flexibility index (Phi) is 36.0. The molecule has 1 unspecified atom stereocenters. The highest BCUT2D eigenvalue weighted by molar-refractivity contribution is 5.75. The summed E-state index contributed by atoms with van der Waals surface area (Å²) < 4.78 is 0. The van der Waals surface area contributed by atoms with Gasteiger partial charge in [0, 0.05) is 19.6 Å². The van der Waals surface area contributed by atoms with Crippen molar-refractivity contribution in [3.63, 3.8) is 0 Å². The number of aliphatic hydroxyl groups excluding tert-OH is 2. The van der Waals surface area contributed by atoms with Gasteiger partial charge in [-0.1, -0.05) is 187 Å². The SMILES string of the molecule is CCCCCCCCCCCCCCCCCCCC(=O)NCCCCCCCCCCCCCCCC(O)CCO. The highest BCUT2D eigenvalue weighted by Gasteiger charge is 2.03. The van der Waals surface area contributed by atoms with E-state index in [4.69, 9.17) is 5.11 Å². The fourth-order valence-electron chi connectivity index (χ4n) is 6.07. The van der Waals surface area contributed by atoms with Crippen molar-refractivity contribution in [1.82, 2.24) is 5.32 Å². The Morgan fingerprint density at radius 1 is 0.476 bits per heavy atom. The van der Waals surface area contributed by atoms with E-state index in [-0.39, 0.29) is 18.6 Å². The molecule has 0 saturated heterocycles. The third kappa shape index (κ3) is 35.6. The van der Waals surface area contributed by atoms with Gasteiger partial charge in [-0.15, -0.1) is 0 Å². The van der Waals surface area contributed by atoms with Crippen LogP contribution in [-0.2, 0) is 4.79 Å². The van der Waals surface area contributed by atoms with Gasteiger partial charge in [-0.2, -0.15) is 0 Å². The fraction of sp³-hybridized carbons (Fsp3) is 0.974. The van der Waals surface area contributed by atoms with Crippen LogP contribution in [0.3, 0.4) is 0 Å². The van der Waals surface area contributed by atoms with Crippen LogP contribution in [0.5, 0.6) is 0 Å². The second-order valence-corrected chi connectivity index (χ2v) is 13.3. The van der Waals surface area contributed by atoms with Crippen LogP contribution in [0.2, 0.25) is 0 Å². The molecule has 4 heteroatoms. The average molecular weight is 596 g/mol. The summed E-state index contributed by atoms with van der Waals surface area (Å²) in [5, 5.41) is 21.5. The van der Waals surface area contributed by atoms with Crippen molar-refractivity contribution in [3.8, 4) is 0 Å². The minimum Gasteiger partial charge on any atom is -0.396 e. The van der Waals surface area contributed by atoms with Crippen molar-refractivity contribution < 1.29 is 15.0 Å². The minimum absolute atomic E-state index is 0.0963. The molecular formula is C38H77NO3. The van der Waals surface area contributed by atoms with Gasteiger partial charge in [0.25, 0.3) is 0 Å². The van der Waals surface area contributed by atoms with Crippen LogP contribution in [0.15, 0.2) is 0 Å². The lowest BCUT2D eigenvalue weighted by atomic mass is 10.0. The van der Waals surface area contributed by atoms with E-state index in [1.54, 1.807) is 0 Å². The Labute approximate surface area is 264 Å². The van der Waals surface area contributed by atoms with Crippen LogP contribution in [0.1, 0.15) is 219 Å². The van der Waals surface area contributed by atoms with Gasteiger partial charge >= 0.3 is 0 Å². The van der Waals surface area contributed by atoms with Crippen molar-refractivity contribution in [2.24, 2.45) is 0 Å². The summed E-state index contributed by atoms with van der Waals surface area (Å²) in [6.45, 7) is 3.25. The van der Waals surface area contributed by atoms with Crippen LogP contribution in [-0.4, -0.2) is 35.4 Å². The van der Waals surface area contributed by atoms with Crippen LogP contribution in [0.25, 0.3) is 0 Å². The molecule has 0 bridgehead atoms. The van der Waals surface area contributed by atoms with E-state index < -0.39 is 0 Å². The Hall–Kier alpha value is -0.610. The Bertz CT molecular complexity index is 513. The van der Waals surface area contributed by atoms with Crippen molar-refractivity contribution in [1.29, 1.82) is 0 Å². The number of carbonyl (C=O) groups is 1. The molecule has 0 aliphatic rings. The molecule has 0 rings (SSSR count). The maximum absolute atomic E-state index is 12.1. The highest BCUT2D eigenvalue weighted by Crippen LogP contribution is 2.15. The van der Waals surface area contributed by atoms with Gasteiger partial charge in [0.1, 0.15) is 0 Å². The van der Waals surface area contributed by atoms with Crippen molar-refractivity contribution in [2.45, 2.75) is 225 Å². The number of carbonyl (C=O) groups excluding carboxylic acids is 1. The van der Waals surface area contributed by atoms with E-state index in [0.717, 1.165) is 32.2 Å². The number of amides is 1. The van der Waals surface area contributed by atoms with E-state index in [1.165, 1.54) is 173 Å². The second-order valence-electron chi connectivity index (χ2n) is 13.3. The average Bonchev–Trinajstić information content (AvgIpc) is 2.98. The molecule has 0 aromatic carbocycles. The van der Waals surface area contributed by atoms with Gasteiger partial charge in [-0.3, -0.25) is 4.79 Å². The number of nitrogens with one attached hydrogen (secondary N) is 1. The number of unbranched alkanes of at least 4 members (excludes halogenated alkanes) is 28. The van der Waals surface area contributed by atoms with E-state index >= 15 is 0 Å². The lowest BCUT2D eigenvalue weighted by molar-refractivity contribution is -0.121. The summed E-state index contributed by atoms with van der Waals surface area (Å²) in [5.41, 5.74) is 0. The van der Waals surface area contributed by atoms with Crippen molar-refractivity contribution in [3.05, 3.63) is 0 Å². The third-order valence-corrected chi connectivity index (χ3v) is 9.01. The molecule has 42 heavy (non-hydrogen) atoms. The first-order valence-electron chi connectivity index (χ1n) is 19.3. The number of aliphatic hydroxyl groups is 2. The van der Waals surface area contributed by atoms with Crippen LogP contribution in [0, 0.1) is 0 Å². The van der Waals surface area contributed by atoms with Crippen LogP contribution < -0.4 is 5.32 Å². The van der Waals surface area contributed by atoms with Gasteiger partial charge in [0.15, 0.2) is 0 Å². The number of hydrogen-bond acceptors (Lipinski definition) is 3. The largest absolute Gasteiger partial charge is 0.396 e. The molecule has 252 valence electrons. The normalized spacial score (nSPS) is 12.2. The zero-order valence-electron chi connectivity index (χ0n) is 28.6. The van der Waals surface area contributed by atoms with E-state index in [0.29, 0.717) is 12.8 Å². The zero-order chi connectivity index (χ0) is 30.6. The van der Waals surface area contributed by atoms with Gasteiger partial charge in [0.05, 0.1) is 6.10 Å². The van der Waals surface area contributed by atoms with Crippen LogP contribution >= 0.6 is 0 Å². The Morgan fingerprint density at radius 2 is 0.810 bits per heavy atom. The number of rotatable bonds is 36. The molecular weight excluding hydrogens is 518 g/mol. The first-order valence-corrected chi connectivity index (χ1v) is 19.3. The molecule has 1 amide bonds. The first-order chi connectivity index (χ1) is 20.7. The van der Waals surface area contributed by atoms with Gasteiger partial charge in [-0.05, 0) is 25.7 Å². The Morgan fingerprint density at radius 3 is 1.19 bits per heavy atom. The van der Waals surface area contributed by atoms with Crippen LogP contribution in [0.4, 0.5) is 0 Å². The topological polar surface area (TPSA) is 69.6 Å². The summed E-state index contributed by atoms with van der Waals surface area (Å²) in [6.07, 6.45) is 41.9. The predicted octanol–water partition coefficient (Wildman–Crippen LogP) is 11.3. The predicted molar refractivity (Wildman–Crippen MR) is 184 cm³/mol. The van der Waals surface area contributed by atoms with Gasteiger partial charge in [0.2, 0.25) is 5.91 Å². The monoisotopic (exact) mass is 596 g/mol. The molecule has 0 aliphatic carbocycles. The molecule has 1 atom stereocenters. The molecule has 0 fully saturated rings. The molecule has 0 heterocycles. The van der Waals surface area contributed by atoms with E-state index in [9.17, 15) is 9.90 Å². The first kappa shape index (κ1) is 41.4. The second kappa shape index (κ2) is 36.6. The molecule has 0 spiro atoms. The lowest BCUT2D eigenvalue weighted by Crippen LogP contribution is -2.23. The molecule has 0 saturated carbocycles. The fourth-order valence-corrected chi connectivity index (χ4v) is 6.07. The summed E-state index contributed by atoms with van der Waals surface area (Å²) in [4.78, 5) is 12.1. The smallest absolute Gasteiger partial charge is 0.219 e. The molecule has 0 aromatic heterocycles.